The Morgan fingerprint density at radius 1 is 0.700 bits per heavy atom. The van der Waals surface area contributed by atoms with Crippen LogP contribution in [0.3, 0.4) is 0 Å². The molecule has 0 spiro atoms. The van der Waals surface area contributed by atoms with E-state index in [2.05, 4.69) is 4.74 Å². The molecule has 0 radical (unpaired) electrons. The van der Waals surface area contributed by atoms with Gasteiger partial charge in [0, 0.05) is 6.42 Å². The summed E-state index contributed by atoms with van der Waals surface area (Å²) in [6.07, 6.45) is -14.8. The van der Waals surface area contributed by atoms with E-state index in [9.17, 15) is 48.3 Å². The molecule has 0 amide bonds. The molecule has 0 bridgehead atoms. The van der Waals surface area contributed by atoms with Crippen LogP contribution < -0.4 is 0 Å². The van der Waals surface area contributed by atoms with Crippen LogP contribution in [-0.4, -0.2) is 36.7 Å². The number of halogens is 11. The zero-order chi connectivity index (χ0) is 16.6. The van der Waals surface area contributed by atoms with Gasteiger partial charge in [0.1, 0.15) is 6.61 Å². The van der Waals surface area contributed by atoms with Gasteiger partial charge in [0.05, 0.1) is 0 Å². The van der Waals surface area contributed by atoms with Crippen LogP contribution in [0.25, 0.3) is 0 Å². The number of hydrogen-bond acceptors (Lipinski definition) is 1. The normalized spacial score (nSPS) is 15.6. The molecule has 122 valence electrons. The van der Waals surface area contributed by atoms with Crippen molar-refractivity contribution >= 4 is 0 Å². The van der Waals surface area contributed by atoms with Crippen molar-refractivity contribution in [1.29, 1.82) is 0 Å². The Kier molecular flexibility index (Phi) is 4.98. The highest BCUT2D eigenvalue weighted by Gasteiger charge is 2.75. The maximum absolute atomic E-state index is 12.7. The minimum absolute atomic E-state index is 0.524. The van der Waals surface area contributed by atoms with Crippen molar-refractivity contribution in [2.75, 3.05) is 6.61 Å². The van der Waals surface area contributed by atoms with Gasteiger partial charge < -0.3 is 4.74 Å². The third-order valence-corrected chi connectivity index (χ3v) is 2.14. The smallest absolute Gasteiger partial charge is 0.309 e. The second-order valence-corrected chi connectivity index (χ2v) is 3.64. The Bertz CT molecular complexity index is 332. The molecule has 20 heavy (non-hydrogen) atoms. The summed E-state index contributed by atoms with van der Waals surface area (Å²) in [7, 11) is 0. The van der Waals surface area contributed by atoms with E-state index in [1.54, 1.807) is 0 Å². The van der Waals surface area contributed by atoms with Crippen molar-refractivity contribution in [3.63, 3.8) is 0 Å². The van der Waals surface area contributed by atoms with Crippen molar-refractivity contribution in [2.24, 2.45) is 0 Å². The molecule has 0 saturated heterocycles. The van der Waals surface area contributed by atoms with Crippen LogP contribution >= 0.6 is 0 Å². The van der Waals surface area contributed by atoms with Gasteiger partial charge in [-0.3, -0.25) is 0 Å². The van der Waals surface area contributed by atoms with Gasteiger partial charge in [-0.2, -0.15) is 48.3 Å². The topological polar surface area (TPSA) is 9.23 Å². The molecule has 0 aromatic rings. The van der Waals surface area contributed by atoms with Gasteiger partial charge >= 0.3 is 30.1 Å². The highest BCUT2D eigenvalue weighted by atomic mass is 19.4. The van der Waals surface area contributed by atoms with E-state index in [1.165, 1.54) is 0 Å². The summed E-state index contributed by atoms with van der Waals surface area (Å²) in [6, 6.07) is 0. The quantitative estimate of drug-likeness (QED) is 0.654. The van der Waals surface area contributed by atoms with Crippen LogP contribution in [-0.2, 0) is 4.74 Å². The van der Waals surface area contributed by atoms with Crippen LogP contribution in [0.1, 0.15) is 13.3 Å². The fourth-order valence-corrected chi connectivity index (χ4v) is 0.801. The van der Waals surface area contributed by atoms with Gasteiger partial charge in [-0.05, 0) is 0 Å². The van der Waals surface area contributed by atoms with Crippen molar-refractivity contribution in [2.45, 2.75) is 43.4 Å². The van der Waals surface area contributed by atoms with Gasteiger partial charge in [0.15, 0.2) is 0 Å². The largest absolute Gasteiger partial charge is 0.462 e. The summed E-state index contributed by atoms with van der Waals surface area (Å²) in [5.74, 6) is -17.1. The highest BCUT2D eigenvalue weighted by molar-refractivity contribution is 4.88. The summed E-state index contributed by atoms with van der Waals surface area (Å²) in [5.41, 5.74) is 0. The van der Waals surface area contributed by atoms with Crippen LogP contribution in [0.5, 0.6) is 0 Å². The molecule has 0 heterocycles. The number of ether oxygens (including phenoxy) is 1. The molecule has 0 aliphatic heterocycles. The van der Waals surface area contributed by atoms with Crippen molar-refractivity contribution in [1.82, 2.24) is 0 Å². The van der Waals surface area contributed by atoms with Crippen LogP contribution in [0.2, 0.25) is 0 Å². The molecule has 0 fully saturated rings. The van der Waals surface area contributed by atoms with Crippen molar-refractivity contribution in [3.8, 4) is 0 Å². The molecule has 0 aliphatic rings. The Hall–Kier alpha value is -0.810. The average molecular weight is 328 g/mol. The van der Waals surface area contributed by atoms with Crippen LogP contribution in [0.4, 0.5) is 48.3 Å². The van der Waals surface area contributed by atoms with Crippen LogP contribution in [0.15, 0.2) is 0 Å². The third-order valence-electron chi connectivity index (χ3n) is 2.14. The van der Waals surface area contributed by atoms with E-state index in [-0.39, 0.29) is 0 Å². The zero-order valence-electron chi connectivity index (χ0n) is 9.48. The van der Waals surface area contributed by atoms with Gasteiger partial charge in [0.25, 0.3) is 0 Å². The molecule has 1 nitrogen and oxygen atoms in total. The lowest BCUT2D eigenvalue weighted by Gasteiger charge is -2.31. The lowest BCUT2D eigenvalue weighted by molar-refractivity contribution is -0.433. The molecule has 12 heteroatoms. The first-order valence-corrected chi connectivity index (χ1v) is 4.74. The zero-order valence-corrected chi connectivity index (χ0v) is 9.48. The molecule has 0 saturated carbocycles. The molecule has 0 N–H and O–H groups in total. The van der Waals surface area contributed by atoms with Gasteiger partial charge in [-0.15, -0.1) is 0 Å². The molecule has 0 atom stereocenters. The molecule has 0 rings (SSSR count). The second kappa shape index (κ2) is 5.19. The van der Waals surface area contributed by atoms with E-state index >= 15 is 0 Å². The van der Waals surface area contributed by atoms with Crippen LogP contribution in [0, 0.1) is 0 Å². The molecule has 0 aromatic carbocycles. The predicted molar refractivity (Wildman–Crippen MR) is 42.1 cm³/mol. The lowest BCUT2D eigenvalue weighted by Crippen LogP contribution is -2.55. The Morgan fingerprint density at radius 2 is 1.10 bits per heavy atom. The lowest BCUT2D eigenvalue weighted by atomic mass is 10.1. The van der Waals surface area contributed by atoms with E-state index < -0.39 is 43.1 Å². The summed E-state index contributed by atoms with van der Waals surface area (Å²) >= 11 is 0. The van der Waals surface area contributed by atoms with E-state index in [1.807, 2.05) is 0 Å². The first-order valence-electron chi connectivity index (χ1n) is 4.74. The fourth-order valence-electron chi connectivity index (χ4n) is 0.801. The van der Waals surface area contributed by atoms with Gasteiger partial charge in [0.2, 0.25) is 0 Å². The standard InChI is InChI=1S/C8H7F11O/c1-2-4(9,10)5(11,12)3-20-8(18,19)6(13,14)7(15,16)17/h2-3H2,1H3. The number of rotatable bonds is 6. The fraction of sp³-hybridized carbons (Fsp3) is 1.00. The van der Waals surface area contributed by atoms with Crippen molar-refractivity contribution < 1.29 is 53.0 Å². The Balaban J connectivity index is 5.07. The second-order valence-electron chi connectivity index (χ2n) is 3.64. The SMILES string of the molecule is CCC(F)(F)C(F)(F)COC(F)(F)C(F)(F)C(F)(F)F. The maximum atomic E-state index is 12.7. The van der Waals surface area contributed by atoms with Gasteiger partial charge in [-0.1, -0.05) is 6.92 Å². The van der Waals surface area contributed by atoms with Crippen molar-refractivity contribution in [3.05, 3.63) is 0 Å². The summed E-state index contributed by atoms with van der Waals surface area (Å²) in [5, 5.41) is 0. The monoisotopic (exact) mass is 328 g/mol. The summed E-state index contributed by atoms with van der Waals surface area (Å²) < 4.78 is 137. The molecule has 0 aliphatic carbocycles. The first kappa shape index (κ1) is 19.2. The van der Waals surface area contributed by atoms with E-state index in [0.29, 0.717) is 6.92 Å². The average Bonchev–Trinajstić information content (AvgIpc) is 2.24. The number of alkyl halides is 11. The minimum atomic E-state index is -6.81. The van der Waals surface area contributed by atoms with E-state index in [4.69, 9.17) is 0 Å². The molecular formula is C8H7F11O. The minimum Gasteiger partial charge on any atom is -0.309 e. The predicted octanol–water partition coefficient (Wildman–Crippen LogP) is 4.47. The van der Waals surface area contributed by atoms with E-state index in [0.717, 1.165) is 0 Å². The summed E-state index contributed by atoms with van der Waals surface area (Å²) in [4.78, 5) is 0. The number of hydrogen-bond donors (Lipinski definition) is 0. The first-order chi connectivity index (χ1) is 8.52. The Labute approximate surface area is 104 Å². The molecule has 0 unspecified atom stereocenters. The molecule has 0 aromatic heterocycles. The highest BCUT2D eigenvalue weighted by Crippen LogP contribution is 2.48. The third kappa shape index (κ3) is 3.44. The Morgan fingerprint density at radius 3 is 1.40 bits per heavy atom. The maximum Gasteiger partial charge on any atom is 0.462 e. The summed E-state index contributed by atoms with van der Waals surface area (Å²) in [6.45, 7) is -2.48. The molecular weight excluding hydrogens is 321 g/mol. The van der Waals surface area contributed by atoms with Gasteiger partial charge in [-0.25, -0.2) is 0 Å².